The van der Waals surface area contributed by atoms with Gasteiger partial charge in [0.25, 0.3) is 0 Å². The van der Waals surface area contributed by atoms with E-state index in [1.165, 1.54) is 5.57 Å². The Morgan fingerprint density at radius 3 is 2.67 bits per heavy atom. The van der Waals surface area contributed by atoms with Crippen molar-refractivity contribution in [3.63, 3.8) is 0 Å². The first kappa shape index (κ1) is 6.62. The smallest absolute Gasteiger partial charge is 0.0817 e. The zero-order valence-electron chi connectivity index (χ0n) is 5.81. The third kappa shape index (κ3) is 2.06. The second-order valence-electron chi connectivity index (χ2n) is 2.26. The second kappa shape index (κ2) is 3.51. The van der Waals surface area contributed by atoms with Crippen molar-refractivity contribution in [2.24, 2.45) is 0 Å². The summed E-state index contributed by atoms with van der Waals surface area (Å²) in [5, 5.41) is 3.28. The third-order valence-electron chi connectivity index (χ3n) is 1.53. The lowest BCUT2D eigenvalue weighted by Crippen LogP contribution is -2.23. The van der Waals surface area contributed by atoms with Gasteiger partial charge in [-0.2, -0.15) is 0 Å². The van der Waals surface area contributed by atoms with Crippen LogP contribution < -0.4 is 5.32 Å². The van der Waals surface area contributed by atoms with E-state index in [9.17, 15) is 0 Å². The zero-order valence-corrected chi connectivity index (χ0v) is 5.81. The van der Waals surface area contributed by atoms with Gasteiger partial charge in [0.05, 0.1) is 13.4 Å². The fourth-order valence-corrected chi connectivity index (χ4v) is 1.03. The van der Waals surface area contributed by atoms with E-state index < -0.39 is 0 Å². The Morgan fingerprint density at radius 1 is 1.44 bits per heavy atom. The standard InChI is InChI=1S/C7H13NO/c1-9-6-7-2-4-8-5-3-7/h6,8H,2-5H2,1H3. The normalized spacial score (nSPS) is 19.4. The highest BCUT2D eigenvalue weighted by Gasteiger charge is 2.02. The van der Waals surface area contributed by atoms with Gasteiger partial charge in [-0.25, -0.2) is 0 Å². The van der Waals surface area contributed by atoms with Crippen molar-refractivity contribution in [3.8, 4) is 0 Å². The van der Waals surface area contributed by atoms with Crippen molar-refractivity contribution in [2.45, 2.75) is 12.8 Å². The van der Waals surface area contributed by atoms with Gasteiger partial charge in [0.15, 0.2) is 0 Å². The number of piperidine rings is 1. The molecule has 1 aliphatic rings. The highest BCUT2D eigenvalue weighted by Crippen LogP contribution is 2.08. The molecule has 9 heavy (non-hydrogen) atoms. The van der Waals surface area contributed by atoms with Crippen molar-refractivity contribution in [3.05, 3.63) is 11.8 Å². The summed E-state index contributed by atoms with van der Waals surface area (Å²) in [6, 6.07) is 0. The maximum Gasteiger partial charge on any atom is 0.0817 e. The number of ether oxygens (including phenoxy) is 1. The fraction of sp³-hybridized carbons (Fsp3) is 0.714. The average Bonchev–Trinajstić information content (AvgIpc) is 1.91. The quantitative estimate of drug-likeness (QED) is 0.528. The van der Waals surface area contributed by atoms with Crippen LogP contribution in [-0.4, -0.2) is 20.2 Å². The van der Waals surface area contributed by atoms with Crippen molar-refractivity contribution >= 4 is 0 Å². The number of rotatable bonds is 1. The van der Waals surface area contributed by atoms with E-state index in [-0.39, 0.29) is 0 Å². The Kier molecular flexibility index (Phi) is 2.58. The molecule has 0 aromatic heterocycles. The van der Waals surface area contributed by atoms with Crippen LogP contribution in [0.4, 0.5) is 0 Å². The van der Waals surface area contributed by atoms with E-state index in [1.807, 2.05) is 6.26 Å². The minimum atomic E-state index is 1.11. The maximum atomic E-state index is 4.89. The van der Waals surface area contributed by atoms with Gasteiger partial charge in [-0.15, -0.1) is 0 Å². The summed E-state index contributed by atoms with van der Waals surface area (Å²) in [6.45, 7) is 2.21. The summed E-state index contributed by atoms with van der Waals surface area (Å²) in [5.74, 6) is 0. The summed E-state index contributed by atoms with van der Waals surface area (Å²) in [6.07, 6.45) is 4.16. The molecule has 0 radical (unpaired) electrons. The number of hydrogen-bond acceptors (Lipinski definition) is 2. The van der Waals surface area contributed by atoms with Gasteiger partial charge < -0.3 is 10.1 Å². The Morgan fingerprint density at radius 2 is 2.11 bits per heavy atom. The largest absolute Gasteiger partial charge is 0.504 e. The van der Waals surface area contributed by atoms with E-state index in [2.05, 4.69) is 5.32 Å². The van der Waals surface area contributed by atoms with Gasteiger partial charge in [-0.3, -0.25) is 0 Å². The Hall–Kier alpha value is -0.500. The van der Waals surface area contributed by atoms with Crippen LogP contribution in [0.15, 0.2) is 11.8 Å². The lowest BCUT2D eigenvalue weighted by atomic mass is 10.1. The van der Waals surface area contributed by atoms with E-state index >= 15 is 0 Å². The molecule has 2 heteroatoms. The first-order chi connectivity index (χ1) is 4.43. The Balaban J connectivity index is 2.30. The molecule has 1 heterocycles. The SMILES string of the molecule is COC=C1CCNCC1. The van der Waals surface area contributed by atoms with Crippen LogP contribution in [0.25, 0.3) is 0 Å². The van der Waals surface area contributed by atoms with Crippen molar-refractivity contribution in [1.82, 2.24) is 5.32 Å². The molecule has 1 aliphatic heterocycles. The Bertz CT molecular complexity index is 101. The van der Waals surface area contributed by atoms with Crippen molar-refractivity contribution in [1.29, 1.82) is 0 Å². The van der Waals surface area contributed by atoms with Gasteiger partial charge in [-0.1, -0.05) is 0 Å². The highest BCUT2D eigenvalue weighted by atomic mass is 16.5. The molecule has 0 saturated carbocycles. The second-order valence-corrected chi connectivity index (χ2v) is 2.26. The van der Waals surface area contributed by atoms with E-state index in [1.54, 1.807) is 7.11 Å². The van der Waals surface area contributed by atoms with Crippen LogP contribution in [0.3, 0.4) is 0 Å². The van der Waals surface area contributed by atoms with E-state index in [0.717, 1.165) is 25.9 Å². The van der Waals surface area contributed by atoms with Crippen LogP contribution in [0.5, 0.6) is 0 Å². The third-order valence-corrected chi connectivity index (χ3v) is 1.53. The monoisotopic (exact) mass is 127 g/mol. The minimum Gasteiger partial charge on any atom is -0.504 e. The fourth-order valence-electron chi connectivity index (χ4n) is 1.03. The molecule has 0 unspecified atom stereocenters. The average molecular weight is 127 g/mol. The highest BCUT2D eigenvalue weighted by molar-refractivity contribution is 5.01. The summed E-state index contributed by atoms with van der Waals surface area (Å²) in [5.41, 5.74) is 1.43. The number of hydrogen-bond donors (Lipinski definition) is 1. The molecule has 1 rings (SSSR count). The topological polar surface area (TPSA) is 21.3 Å². The van der Waals surface area contributed by atoms with Gasteiger partial charge in [-0.05, 0) is 31.5 Å². The molecule has 0 aliphatic carbocycles. The molecule has 0 amide bonds. The number of methoxy groups -OCH3 is 1. The van der Waals surface area contributed by atoms with Gasteiger partial charge in [0.2, 0.25) is 0 Å². The molecule has 1 fully saturated rings. The summed E-state index contributed by atoms with van der Waals surface area (Å²) < 4.78 is 4.89. The van der Waals surface area contributed by atoms with E-state index in [0.29, 0.717) is 0 Å². The molecule has 0 spiro atoms. The molecule has 0 atom stereocenters. The van der Waals surface area contributed by atoms with Crippen molar-refractivity contribution < 1.29 is 4.74 Å². The Labute approximate surface area is 55.9 Å². The molecule has 1 N–H and O–H groups in total. The predicted molar refractivity (Wildman–Crippen MR) is 37.2 cm³/mol. The molecular formula is C7H13NO. The molecular weight excluding hydrogens is 114 g/mol. The summed E-state index contributed by atoms with van der Waals surface area (Å²) >= 11 is 0. The van der Waals surface area contributed by atoms with Crippen LogP contribution in [0.1, 0.15) is 12.8 Å². The molecule has 0 aromatic rings. The molecule has 1 saturated heterocycles. The van der Waals surface area contributed by atoms with Crippen molar-refractivity contribution in [2.75, 3.05) is 20.2 Å². The summed E-state index contributed by atoms with van der Waals surface area (Å²) in [4.78, 5) is 0. The van der Waals surface area contributed by atoms with Crippen LogP contribution in [0.2, 0.25) is 0 Å². The molecule has 2 nitrogen and oxygen atoms in total. The summed E-state index contributed by atoms with van der Waals surface area (Å²) in [7, 11) is 1.70. The van der Waals surface area contributed by atoms with Gasteiger partial charge in [0.1, 0.15) is 0 Å². The molecule has 0 aromatic carbocycles. The predicted octanol–water partition coefficient (Wildman–Crippen LogP) is 0.900. The lowest BCUT2D eigenvalue weighted by molar-refractivity contribution is 0.329. The van der Waals surface area contributed by atoms with Crippen LogP contribution in [-0.2, 0) is 4.74 Å². The van der Waals surface area contributed by atoms with Crippen LogP contribution in [0, 0.1) is 0 Å². The first-order valence-corrected chi connectivity index (χ1v) is 3.35. The minimum absolute atomic E-state index is 1.11. The van der Waals surface area contributed by atoms with Gasteiger partial charge in [0, 0.05) is 0 Å². The molecule has 52 valence electrons. The number of nitrogens with one attached hydrogen (secondary N) is 1. The lowest BCUT2D eigenvalue weighted by Gasteiger charge is -2.13. The zero-order chi connectivity index (χ0) is 6.53. The molecule has 0 bridgehead atoms. The van der Waals surface area contributed by atoms with Crippen LogP contribution >= 0.6 is 0 Å². The van der Waals surface area contributed by atoms with Gasteiger partial charge >= 0.3 is 0 Å². The van der Waals surface area contributed by atoms with E-state index in [4.69, 9.17) is 4.74 Å². The maximum absolute atomic E-state index is 4.89. The first-order valence-electron chi connectivity index (χ1n) is 3.35.